The number of nitrogens with zero attached hydrogens (tertiary/aromatic N) is 2. The number of hydrogen-bond donors (Lipinski definition) is 0. The molecule has 1 aliphatic rings. The third-order valence-electron chi connectivity index (χ3n) is 3.82. The fourth-order valence-electron chi connectivity index (χ4n) is 2.82. The van der Waals surface area contributed by atoms with E-state index in [-0.39, 0.29) is 11.6 Å². The number of halogens is 1. The van der Waals surface area contributed by atoms with Crippen molar-refractivity contribution in [2.45, 2.75) is 19.6 Å². The number of pyridine rings is 1. The number of hydrogen-bond acceptors (Lipinski definition) is 3. The molecule has 0 atom stereocenters. The molecule has 0 saturated heterocycles. The normalized spacial score (nSPS) is 15.7. The average Bonchev–Trinajstić information content (AvgIpc) is 2.54. The van der Waals surface area contributed by atoms with Gasteiger partial charge in [0.2, 0.25) is 0 Å². The first kappa shape index (κ1) is 13.9. The SMILES string of the molecule is CC1(C)N=C(c2cnc3ccccc3c2)c2cccc(F)c2O1. The minimum Gasteiger partial charge on any atom is -0.463 e. The molecule has 0 saturated carbocycles. The molecule has 3 aromatic rings. The van der Waals surface area contributed by atoms with Crippen LogP contribution in [0.5, 0.6) is 5.75 Å². The molecule has 0 radical (unpaired) electrons. The average molecular weight is 306 g/mol. The molecule has 3 nitrogen and oxygen atoms in total. The molecule has 0 aliphatic carbocycles. The van der Waals surface area contributed by atoms with Crippen LogP contribution in [0.4, 0.5) is 4.39 Å². The maximum absolute atomic E-state index is 14.2. The van der Waals surface area contributed by atoms with Crippen molar-refractivity contribution in [2.24, 2.45) is 4.99 Å². The monoisotopic (exact) mass is 306 g/mol. The van der Waals surface area contributed by atoms with Gasteiger partial charge in [-0.2, -0.15) is 0 Å². The second-order valence-electron chi connectivity index (χ2n) is 6.04. The Bertz CT molecular complexity index is 947. The van der Waals surface area contributed by atoms with E-state index in [0.29, 0.717) is 11.3 Å². The molecular formula is C19H15FN2O. The summed E-state index contributed by atoms with van der Waals surface area (Å²) in [6.45, 7) is 3.63. The van der Waals surface area contributed by atoms with E-state index in [1.54, 1.807) is 12.3 Å². The molecule has 23 heavy (non-hydrogen) atoms. The largest absolute Gasteiger partial charge is 0.463 e. The number of aliphatic imine (C=N–C) groups is 1. The molecule has 0 unspecified atom stereocenters. The Morgan fingerprint density at radius 2 is 1.87 bits per heavy atom. The van der Waals surface area contributed by atoms with Gasteiger partial charge in [0.25, 0.3) is 0 Å². The predicted molar refractivity (Wildman–Crippen MR) is 88.5 cm³/mol. The first-order valence-corrected chi connectivity index (χ1v) is 7.46. The van der Waals surface area contributed by atoms with Crippen LogP contribution in [0.1, 0.15) is 25.0 Å². The molecule has 1 aliphatic heterocycles. The van der Waals surface area contributed by atoms with E-state index >= 15 is 0 Å². The maximum Gasteiger partial charge on any atom is 0.195 e. The van der Waals surface area contributed by atoms with Crippen molar-refractivity contribution < 1.29 is 9.13 Å². The first-order chi connectivity index (χ1) is 11.0. The van der Waals surface area contributed by atoms with Gasteiger partial charge < -0.3 is 4.74 Å². The molecule has 0 fully saturated rings. The van der Waals surface area contributed by atoms with Gasteiger partial charge >= 0.3 is 0 Å². The summed E-state index contributed by atoms with van der Waals surface area (Å²) in [7, 11) is 0. The number of para-hydroxylation sites is 2. The van der Waals surface area contributed by atoms with Gasteiger partial charge in [0, 0.05) is 22.7 Å². The zero-order chi connectivity index (χ0) is 16.0. The van der Waals surface area contributed by atoms with Gasteiger partial charge in [-0.05, 0) is 38.1 Å². The van der Waals surface area contributed by atoms with E-state index in [4.69, 9.17) is 4.74 Å². The number of rotatable bonds is 1. The molecule has 0 amide bonds. The van der Waals surface area contributed by atoms with Gasteiger partial charge in [0.05, 0.1) is 11.2 Å². The van der Waals surface area contributed by atoms with Crippen molar-refractivity contribution in [3.05, 3.63) is 71.7 Å². The van der Waals surface area contributed by atoms with E-state index in [2.05, 4.69) is 9.98 Å². The van der Waals surface area contributed by atoms with Gasteiger partial charge in [0.15, 0.2) is 17.3 Å². The second kappa shape index (κ2) is 4.88. The van der Waals surface area contributed by atoms with Crippen molar-refractivity contribution in [1.82, 2.24) is 4.98 Å². The Morgan fingerprint density at radius 3 is 2.74 bits per heavy atom. The van der Waals surface area contributed by atoms with Crippen LogP contribution in [0.25, 0.3) is 10.9 Å². The van der Waals surface area contributed by atoms with Crippen LogP contribution >= 0.6 is 0 Å². The molecule has 0 spiro atoms. The van der Waals surface area contributed by atoms with E-state index in [1.165, 1.54) is 6.07 Å². The fraction of sp³-hybridized carbons (Fsp3) is 0.158. The zero-order valence-corrected chi connectivity index (χ0v) is 12.9. The first-order valence-electron chi connectivity index (χ1n) is 7.46. The van der Waals surface area contributed by atoms with Crippen LogP contribution in [-0.4, -0.2) is 16.4 Å². The maximum atomic E-state index is 14.2. The van der Waals surface area contributed by atoms with Crippen molar-refractivity contribution >= 4 is 16.6 Å². The molecule has 114 valence electrons. The number of ether oxygens (including phenoxy) is 1. The fourth-order valence-corrected chi connectivity index (χ4v) is 2.82. The molecule has 2 aromatic carbocycles. The lowest BCUT2D eigenvalue weighted by atomic mass is 9.99. The van der Waals surface area contributed by atoms with Crippen LogP contribution in [0.3, 0.4) is 0 Å². The van der Waals surface area contributed by atoms with Gasteiger partial charge in [-0.1, -0.05) is 24.3 Å². The van der Waals surface area contributed by atoms with E-state index in [1.807, 2.05) is 50.2 Å². The molecule has 0 bridgehead atoms. The summed E-state index contributed by atoms with van der Waals surface area (Å²) in [4.78, 5) is 9.15. The Hall–Kier alpha value is -2.75. The molecular weight excluding hydrogens is 291 g/mol. The lowest BCUT2D eigenvalue weighted by Gasteiger charge is -2.30. The lowest BCUT2D eigenvalue weighted by Crippen LogP contribution is -2.33. The Balaban J connectivity index is 1.95. The van der Waals surface area contributed by atoms with Crippen LogP contribution < -0.4 is 4.74 Å². The summed E-state index contributed by atoms with van der Waals surface area (Å²) < 4.78 is 19.9. The van der Waals surface area contributed by atoms with E-state index in [9.17, 15) is 4.39 Å². The summed E-state index contributed by atoms with van der Waals surface area (Å²) >= 11 is 0. The Kier molecular flexibility index (Phi) is 2.94. The Labute approximate surface area is 133 Å². The third-order valence-corrected chi connectivity index (χ3v) is 3.82. The van der Waals surface area contributed by atoms with Crippen LogP contribution in [0.15, 0.2) is 59.7 Å². The van der Waals surface area contributed by atoms with Crippen LogP contribution in [0, 0.1) is 5.82 Å². The van der Waals surface area contributed by atoms with Gasteiger partial charge in [-0.25, -0.2) is 9.38 Å². The highest BCUT2D eigenvalue weighted by Crippen LogP contribution is 2.34. The third kappa shape index (κ3) is 2.36. The summed E-state index contributed by atoms with van der Waals surface area (Å²) in [5.74, 6) is -0.132. The van der Waals surface area contributed by atoms with Gasteiger partial charge in [-0.3, -0.25) is 4.98 Å². The Morgan fingerprint density at radius 1 is 1.04 bits per heavy atom. The standard InChI is InChI=1S/C19H15FN2O/c1-19(2)22-17(14-7-5-8-15(20)18(14)23-19)13-10-12-6-3-4-9-16(12)21-11-13/h3-11H,1-2H3. The minimum atomic E-state index is -0.823. The van der Waals surface area contributed by atoms with Crippen molar-refractivity contribution in [3.8, 4) is 5.75 Å². The zero-order valence-electron chi connectivity index (χ0n) is 12.9. The highest BCUT2D eigenvalue weighted by molar-refractivity contribution is 6.16. The summed E-state index contributed by atoms with van der Waals surface area (Å²) in [5, 5.41) is 1.02. The highest BCUT2D eigenvalue weighted by atomic mass is 19.1. The molecule has 4 rings (SSSR count). The number of benzene rings is 2. The van der Waals surface area contributed by atoms with Crippen molar-refractivity contribution in [3.63, 3.8) is 0 Å². The van der Waals surface area contributed by atoms with Crippen LogP contribution in [0.2, 0.25) is 0 Å². The van der Waals surface area contributed by atoms with Crippen LogP contribution in [-0.2, 0) is 0 Å². The topological polar surface area (TPSA) is 34.5 Å². The molecule has 1 aromatic heterocycles. The smallest absolute Gasteiger partial charge is 0.195 e. The highest BCUT2D eigenvalue weighted by Gasteiger charge is 2.30. The summed E-state index contributed by atoms with van der Waals surface area (Å²) in [6.07, 6.45) is 1.78. The second-order valence-corrected chi connectivity index (χ2v) is 6.04. The molecule has 2 heterocycles. The van der Waals surface area contributed by atoms with Gasteiger partial charge in [0.1, 0.15) is 0 Å². The lowest BCUT2D eigenvalue weighted by molar-refractivity contribution is 0.109. The number of fused-ring (bicyclic) bond motifs is 2. The van der Waals surface area contributed by atoms with E-state index < -0.39 is 5.72 Å². The predicted octanol–water partition coefficient (Wildman–Crippen LogP) is 4.34. The molecule has 4 heteroatoms. The van der Waals surface area contributed by atoms with Crippen molar-refractivity contribution in [2.75, 3.05) is 0 Å². The quantitative estimate of drug-likeness (QED) is 0.670. The minimum absolute atomic E-state index is 0.246. The summed E-state index contributed by atoms with van der Waals surface area (Å²) in [6, 6.07) is 14.8. The number of aromatic nitrogens is 1. The molecule has 0 N–H and O–H groups in total. The summed E-state index contributed by atoms with van der Waals surface area (Å²) in [5.41, 5.74) is 2.31. The van der Waals surface area contributed by atoms with E-state index in [0.717, 1.165) is 16.5 Å². The van der Waals surface area contributed by atoms with Crippen molar-refractivity contribution in [1.29, 1.82) is 0 Å². The van der Waals surface area contributed by atoms with Gasteiger partial charge in [-0.15, -0.1) is 0 Å².